The molecule has 1 aromatic carbocycles. The fourth-order valence-electron chi connectivity index (χ4n) is 2.33. The number of benzene rings is 1. The number of furan rings is 1. The highest BCUT2D eigenvalue weighted by atomic mass is 16.3. The minimum atomic E-state index is 0.146. The van der Waals surface area contributed by atoms with Crippen molar-refractivity contribution in [1.29, 1.82) is 0 Å². The molecule has 1 heteroatoms. The second-order valence-electron chi connectivity index (χ2n) is 7.69. The van der Waals surface area contributed by atoms with Gasteiger partial charge in [0.05, 0.1) is 6.26 Å². The van der Waals surface area contributed by atoms with Gasteiger partial charge >= 0.3 is 0 Å². The van der Waals surface area contributed by atoms with Crippen molar-refractivity contribution in [2.75, 3.05) is 0 Å². The molecule has 0 aliphatic rings. The predicted molar refractivity (Wildman–Crippen MR) is 86.3 cm³/mol. The molecular weight excluding hydrogens is 244 g/mol. The lowest BCUT2D eigenvalue weighted by Crippen LogP contribution is -2.16. The SMILES string of the molecule is Cc1occc1-c1cc(C(C)(C)C)cc(C(C)(C)C)c1. The Balaban J connectivity index is 2.67. The van der Waals surface area contributed by atoms with Crippen LogP contribution in [0.4, 0.5) is 0 Å². The lowest BCUT2D eigenvalue weighted by molar-refractivity contribution is 0.535. The van der Waals surface area contributed by atoms with Crippen LogP contribution in [0.1, 0.15) is 58.4 Å². The first-order valence-electron chi connectivity index (χ1n) is 7.29. The van der Waals surface area contributed by atoms with Gasteiger partial charge in [-0.15, -0.1) is 0 Å². The standard InChI is InChI=1S/C19H26O/c1-13-17(8-9-20-13)14-10-15(18(2,3)4)12-16(11-14)19(5,6)7/h8-12H,1-7H3. The average Bonchev–Trinajstić information content (AvgIpc) is 2.72. The van der Waals surface area contributed by atoms with Crippen molar-refractivity contribution in [2.45, 2.75) is 59.3 Å². The maximum absolute atomic E-state index is 5.47. The molecule has 0 saturated heterocycles. The molecule has 0 amide bonds. The molecule has 0 N–H and O–H groups in total. The topological polar surface area (TPSA) is 13.1 Å². The monoisotopic (exact) mass is 270 g/mol. The van der Waals surface area contributed by atoms with Gasteiger partial charge in [0.25, 0.3) is 0 Å². The molecule has 0 fully saturated rings. The van der Waals surface area contributed by atoms with Crippen LogP contribution in [0.3, 0.4) is 0 Å². The van der Waals surface area contributed by atoms with Gasteiger partial charge in [0.1, 0.15) is 5.76 Å². The zero-order valence-electron chi connectivity index (χ0n) is 13.8. The van der Waals surface area contributed by atoms with Crippen LogP contribution in [0.2, 0.25) is 0 Å². The van der Waals surface area contributed by atoms with E-state index >= 15 is 0 Å². The Labute approximate surface area is 123 Å². The first-order valence-corrected chi connectivity index (χ1v) is 7.29. The van der Waals surface area contributed by atoms with Gasteiger partial charge < -0.3 is 4.42 Å². The Morgan fingerprint density at radius 3 is 1.65 bits per heavy atom. The lowest BCUT2D eigenvalue weighted by atomic mass is 9.79. The van der Waals surface area contributed by atoms with Gasteiger partial charge in [0.15, 0.2) is 0 Å². The first-order chi connectivity index (χ1) is 9.09. The molecule has 20 heavy (non-hydrogen) atoms. The smallest absolute Gasteiger partial charge is 0.108 e. The lowest BCUT2D eigenvalue weighted by Gasteiger charge is -2.26. The third-order valence-corrected chi connectivity index (χ3v) is 3.83. The maximum atomic E-state index is 5.47. The van der Waals surface area contributed by atoms with Crippen molar-refractivity contribution >= 4 is 0 Å². The molecule has 0 unspecified atom stereocenters. The Kier molecular flexibility index (Phi) is 3.58. The molecule has 108 valence electrons. The van der Waals surface area contributed by atoms with Crippen LogP contribution < -0.4 is 0 Å². The third kappa shape index (κ3) is 2.98. The van der Waals surface area contributed by atoms with E-state index in [-0.39, 0.29) is 10.8 Å². The number of aryl methyl sites for hydroxylation is 1. The van der Waals surface area contributed by atoms with Crippen LogP contribution in [0.15, 0.2) is 34.9 Å². The van der Waals surface area contributed by atoms with Crippen molar-refractivity contribution < 1.29 is 4.42 Å². The molecule has 0 radical (unpaired) electrons. The van der Waals surface area contributed by atoms with E-state index in [9.17, 15) is 0 Å². The second-order valence-corrected chi connectivity index (χ2v) is 7.69. The predicted octanol–water partition coefficient (Wildman–Crippen LogP) is 5.85. The molecule has 1 aromatic heterocycles. The molecule has 1 heterocycles. The summed E-state index contributed by atoms with van der Waals surface area (Å²) in [6.45, 7) is 15.6. The molecule has 2 rings (SSSR count). The molecule has 2 aromatic rings. The van der Waals surface area contributed by atoms with Crippen molar-refractivity contribution in [3.63, 3.8) is 0 Å². The van der Waals surface area contributed by atoms with E-state index in [1.807, 2.05) is 6.92 Å². The van der Waals surface area contributed by atoms with E-state index in [1.54, 1.807) is 6.26 Å². The molecule has 1 nitrogen and oxygen atoms in total. The minimum Gasteiger partial charge on any atom is -0.469 e. The van der Waals surface area contributed by atoms with Crippen molar-refractivity contribution in [3.05, 3.63) is 47.4 Å². The summed E-state index contributed by atoms with van der Waals surface area (Å²) in [4.78, 5) is 0. The van der Waals surface area contributed by atoms with Gasteiger partial charge in [-0.3, -0.25) is 0 Å². The highest BCUT2D eigenvalue weighted by Gasteiger charge is 2.21. The van der Waals surface area contributed by atoms with Gasteiger partial charge in [0.2, 0.25) is 0 Å². The van der Waals surface area contributed by atoms with E-state index in [1.165, 1.54) is 22.3 Å². The summed E-state index contributed by atoms with van der Waals surface area (Å²) in [7, 11) is 0. The van der Waals surface area contributed by atoms with Gasteiger partial charge in [-0.2, -0.15) is 0 Å². The third-order valence-electron chi connectivity index (χ3n) is 3.83. The maximum Gasteiger partial charge on any atom is 0.108 e. The summed E-state index contributed by atoms with van der Waals surface area (Å²) in [5, 5.41) is 0. The summed E-state index contributed by atoms with van der Waals surface area (Å²) in [6, 6.07) is 9.00. The Morgan fingerprint density at radius 1 is 0.800 bits per heavy atom. The van der Waals surface area contributed by atoms with Gasteiger partial charge in [-0.1, -0.05) is 59.7 Å². The van der Waals surface area contributed by atoms with E-state index in [4.69, 9.17) is 4.42 Å². The Bertz CT molecular complexity index is 571. The number of hydrogen-bond acceptors (Lipinski definition) is 1. The van der Waals surface area contributed by atoms with Crippen molar-refractivity contribution in [2.24, 2.45) is 0 Å². The summed E-state index contributed by atoms with van der Waals surface area (Å²) in [5.41, 5.74) is 5.50. The number of hydrogen-bond donors (Lipinski definition) is 0. The Hall–Kier alpha value is -1.50. The van der Waals surface area contributed by atoms with Gasteiger partial charge in [0, 0.05) is 5.56 Å². The van der Waals surface area contributed by atoms with E-state index in [0.717, 1.165) is 5.76 Å². The first kappa shape index (κ1) is 14.9. The quantitative estimate of drug-likeness (QED) is 0.633. The summed E-state index contributed by atoms with van der Waals surface area (Å²) >= 11 is 0. The van der Waals surface area contributed by atoms with Gasteiger partial charge in [-0.25, -0.2) is 0 Å². The fourth-order valence-corrected chi connectivity index (χ4v) is 2.33. The van der Waals surface area contributed by atoms with Crippen LogP contribution in [0.25, 0.3) is 11.1 Å². The Morgan fingerprint density at radius 2 is 1.30 bits per heavy atom. The fraction of sp³-hybridized carbons (Fsp3) is 0.474. The summed E-state index contributed by atoms with van der Waals surface area (Å²) < 4.78 is 5.47. The second kappa shape index (κ2) is 4.80. The highest BCUT2D eigenvalue weighted by Crippen LogP contribution is 2.35. The van der Waals surface area contributed by atoms with Crippen LogP contribution in [-0.2, 0) is 10.8 Å². The van der Waals surface area contributed by atoms with Crippen molar-refractivity contribution in [3.8, 4) is 11.1 Å². The van der Waals surface area contributed by atoms with Crippen LogP contribution in [-0.4, -0.2) is 0 Å². The zero-order chi connectivity index (χ0) is 15.1. The number of rotatable bonds is 1. The molecule has 0 saturated carbocycles. The van der Waals surface area contributed by atoms with Crippen LogP contribution in [0.5, 0.6) is 0 Å². The van der Waals surface area contributed by atoms with E-state index < -0.39 is 0 Å². The van der Waals surface area contributed by atoms with E-state index in [2.05, 4.69) is 65.8 Å². The normalized spacial score (nSPS) is 12.8. The van der Waals surface area contributed by atoms with Crippen molar-refractivity contribution in [1.82, 2.24) is 0 Å². The van der Waals surface area contributed by atoms with Crippen LogP contribution >= 0.6 is 0 Å². The zero-order valence-corrected chi connectivity index (χ0v) is 13.8. The molecule has 0 atom stereocenters. The van der Waals surface area contributed by atoms with Crippen LogP contribution in [0, 0.1) is 6.92 Å². The molecular formula is C19H26O. The average molecular weight is 270 g/mol. The summed E-state index contributed by atoms with van der Waals surface area (Å²) in [5.74, 6) is 0.982. The summed E-state index contributed by atoms with van der Waals surface area (Å²) in [6.07, 6.45) is 1.77. The largest absolute Gasteiger partial charge is 0.469 e. The molecule has 0 spiro atoms. The molecule has 0 aliphatic carbocycles. The minimum absolute atomic E-state index is 0.146. The molecule has 0 bridgehead atoms. The highest BCUT2D eigenvalue weighted by molar-refractivity contribution is 5.67. The van der Waals surface area contributed by atoms with E-state index in [0.29, 0.717) is 0 Å². The van der Waals surface area contributed by atoms with Gasteiger partial charge in [-0.05, 0) is 40.5 Å². The molecule has 0 aliphatic heterocycles.